The number of unbranched alkanes of at least 4 members (excludes halogenated alkanes) is 1. The molecule has 88 valence electrons. The van der Waals surface area contributed by atoms with Gasteiger partial charge in [0.15, 0.2) is 6.29 Å². The van der Waals surface area contributed by atoms with Crippen LogP contribution in [0.5, 0.6) is 0 Å². The fourth-order valence-corrected chi connectivity index (χ4v) is 2.57. The lowest BCUT2D eigenvalue weighted by molar-refractivity contribution is -0.0482. The van der Waals surface area contributed by atoms with Crippen LogP contribution >= 0.6 is 0 Å². The molecule has 0 aliphatic carbocycles. The topological polar surface area (TPSA) is 30.5 Å². The third-order valence-corrected chi connectivity index (χ3v) is 3.57. The molecule has 2 saturated heterocycles. The van der Waals surface area contributed by atoms with Crippen molar-refractivity contribution < 1.29 is 9.47 Å². The Hall–Kier alpha value is -0.120. The molecule has 0 aromatic heterocycles. The van der Waals surface area contributed by atoms with E-state index < -0.39 is 0 Å². The van der Waals surface area contributed by atoms with Gasteiger partial charge in [-0.2, -0.15) is 0 Å². The molecule has 2 heterocycles. The van der Waals surface area contributed by atoms with E-state index in [1.807, 2.05) is 0 Å². The minimum absolute atomic E-state index is 0.0920. The first kappa shape index (κ1) is 11.4. The summed E-state index contributed by atoms with van der Waals surface area (Å²) in [5.41, 5.74) is 0.414. The zero-order valence-corrected chi connectivity index (χ0v) is 9.76. The van der Waals surface area contributed by atoms with Gasteiger partial charge < -0.3 is 14.8 Å². The van der Waals surface area contributed by atoms with Crippen molar-refractivity contribution in [3.05, 3.63) is 0 Å². The van der Waals surface area contributed by atoms with E-state index in [1.165, 1.54) is 38.6 Å². The highest BCUT2D eigenvalue weighted by Crippen LogP contribution is 2.25. The van der Waals surface area contributed by atoms with Crippen LogP contribution in [0, 0.1) is 0 Å². The number of ether oxygens (including phenoxy) is 2. The first-order valence-electron chi connectivity index (χ1n) is 6.27. The van der Waals surface area contributed by atoms with Crippen molar-refractivity contribution >= 4 is 0 Å². The summed E-state index contributed by atoms with van der Waals surface area (Å²) in [7, 11) is 0. The van der Waals surface area contributed by atoms with Crippen LogP contribution in [0.1, 0.15) is 45.4 Å². The van der Waals surface area contributed by atoms with Gasteiger partial charge in [-0.3, -0.25) is 0 Å². The van der Waals surface area contributed by atoms with Gasteiger partial charge in [0, 0.05) is 5.54 Å². The van der Waals surface area contributed by atoms with Gasteiger partial charge in [-0.1, -0.05) is 6.42 Å². The molecule has 15 heavy (non-hydrogen) atoms. The van der Waals surface area contributed by atoms with Crippen LogP contribution in [0.15, 0.2) is 0 Å². The Bertz CT molecular complexity index is 184. The van der Waals surface area contributed by atoms with Crippen molar-refractivity contribution in [1.82, 2.24) is 5.32 Å². The van der Waals surface area contributed by atoms with Crippen molar-refractivity contribution in [3.8, 4) is 0 Å². The molecule has 0 spiro atoms. The van der Waals surface area contributed by atoms with Crippen molar-refractivity contribution in [2.45, 2.75) is 57.3 Å². The van der Waals surface area contributed by atoms with Crippen LogP contribution < -0.4 is 5.32 Å². The molecule has 0 bridgehead atoms. The molecule has 2 aliphatic rings. The van der Waals surface area contributed by atoms with E-state index >= 15 is 0 Å². The maximum absolute atomic E-state index is 5.41. The summed E-state index contributed by atoms with van der Waals surface area (Å²) in [4.78, 5) is 0. The predicted molar refractivity (Wildman–Crippen MR) is 59.8 cm³/mol. The molecule has 0 amide bonds. The van der Waals surface area contributed by atoms with Crippen molar-refractivity contribution in [1.29, 1.82) is 0 Å². The summed E-state index contributed by atoms with van der Waals surface area (Å²) in [6, 6.07) is 0. The molecule has 3 nitrogen and oxygen atoms in total. The number of hydrogen-bond acceptors (Lipinski definition) is 3. The molecule has 0 radical (unpaired) electrons. The third-order valence-electron chi connectivity index (χ3n) is 3.57. The Morgan fingerprint density at radius 3 is 2.73 bits per heavy atom. The normalized spacial score (nSPS) is 32.6. The van der Waals surface area contributed by atoms with Crippen LogP contribution in [-0.2, 0) is 9.47 Å². The van der Waals surface area contributed by atoms with Gasteiger partial charge in [0.25, 0.3) is 0 Å². The zero-order valence-electron chi connectivity index (χ0n) is 9.76. The summed E-state index contributed by atoms with van der Waals surface area (Å²) in [6.45, 7) is 5.11. The van der Waals surface area contributed by atoms with E-state index in [-0.39, 0.29) is 6.29 Å². The lowest BCUT2D eigenvalue weighted by Crippen LogP contribution is -2.35. The van der Waals surface area contributed by atoms with E-state index in [2.05, 4.69) is 12.2 Å². The minimum Gasteiger partial charge on any atom is -0.350 e. The maximum atomic E-state index is 5.41. The number of nitrogens with one attached hydrogen (secondary N) is 1. The third kappa shape index (κ3) is 3.44. The second kappa shape index (κ2) is 5.28. The number of rotatable bonds is 5. The summed E-state index contributed by atoms with van der Waals surface area (Å²) in [5.74, 6) is 0. The second-order valence-electron chi connectivity index (χ2n) is 5.01. The molecule has 1 unspecified atom stereocenters. The van der Waals surface area contributed by atoms with Crippen LogP contribution in [0.2, 0.25) is 0 Å². The van der Waals surface area contributed by atoms with Gasteiger partial charge >= 0.3 is 0 Å². The average molecular weight is 213 g/mol. The molecule has 0 saturated carbocycles. The Kier molecular flexibility index (Phi) is 4.00. The van der Waals surface area contributed by atoms with Gasteiger partial charge in [-0.15, -0.1) is 0 Å². The fourth-order valence-electron chi connectivity index (χ4n) is 2.57. The van der Waals surface area contributed by atoms with Gasteiger partial charge in [-0.05, 0) is 45.6 Å². The molecule has 2 aliphatic heterocycles. The second-order valence-corrected chi connectivity index (χ2v) is 5.01. The molecular weight excluding hydrogens is 190 g/mol. The first-order valence-corrected chi connectivity index (χ1v) is 6.27. The fraction of sp³-hybridized carbons (Fsp3) is 1.00. The van der Waals surface area contributed by atoms with Gasteiger partial charge in [0.2, 0.25) is 0 Å². The molecule has 0 aromatic rings. The minimum atomic E-state index is 0.0920. The quantitative estimate of drug-likeness (QED) is 0.709. The highest BCUT2D eigenvalue weighted by Gasteiger charge is 2.27. The van der Waals surface area contributed by atoms with Crippen LogP contribution in [0.25, 0.3) is 0 Å². The lowest BCUT2D eigenvalue weighted by atomic mass is 9.93. The van der Waals surface area contributed by atoms with Gasteiger partial charge in [0.05, 0.1) is 13.2 Å². The highest BCUT2D eigenvalue weighted by molar-refractivity contribution is 4.88. The smallest absolute Gasteiger partial charge is 0.157 e. The van der Waals surface area contributed by atoms with Crippen molar-refractivity contribution in [3.63, 3.8) is 0 Å². The van der Waals surface area contributed by atoms with Gasteiger partial charge in [-0.25, -0.2) is 0 Å². The van der Waals surface area contributed by atoms with E-state index in [1.54, 1.807) is 0 Å². The zero-order chi connectivity index (χ0) is 10.6. The Morgan fingerprint density at radius 1 is 1.27 bits per heavy atom. The largest absolute Gasteiger partial charge is 0.350 e. The molecule has 2 rings (SSSR count). The predicted octanol–water partition coefficient (Wildman–Crippen LogP) is 2.06. The van der Waals surface area contributed by atoms with Crippen molar-refractivity contribution in [2.24, 2.45) is 0 Å². The Morgan fingerprint density at radius 2 is 2.07 bits per heavy atom. The summed E-state index contributed by atoms with van der Waals surface area (Å²) < 4.78 is 10.8. The van der Waals surface area contributed by atoms with Crippen molar-refractivity contribution in [2.75, 3.05) is 19.8 Å². The SMILES string of the molecule is CC1(CCCCC2OCCO2)CCCN1. The molecular formula is C12H23NO2. The van der Waals surface area contributed by atoms with E-state index in [9.17, 15) is 0 Å². The van der Waals surface area contributed by atoms with Crippen LogP contribution in [0.4, 0.5) is 0 Å². The monoisotopic (exact) mass is 213 g/mol. The Balaban J connectivity index is 1.54. The van der Waals surface area contributed by atoms with E-state index in [0.717, 1.165) is 19.6 Å². The average Bonchev–Trinajstić information content (AvgIpc) is 2.84. The summed E-state index contributed by atoms with van der Waals surface area (Å²) in [6.07, 6.45) is 7.63. The highest BCUT2D eigenvalue weighted by atomic mass is 16.7. The van der Waals surface area contributed by atoms with Gasteiger partial charge in [0.1, 0.15) is 0 Å². The maximum Gasteiger partial charge on any atom is 0.157 e. The first-order chi connectivity index (χ1) is 7.29. The molecule has 1 N–H and O–H groups in total. The molecule has 2 fully saturated rings. The van der Waals surface area contributed by atoms with E-state index in [4.69, 9.17) is 9.47 Å². The Labute approximate surface area is 92.5 Å². The van der Waals surface area contributed by atoms with E-state index in [0.29, 0.717) is 5.54 Å². The number of hydrogen-bond donors (Lipinski definition) is 1. The lowest BCUT2D eigenvalue weighted by Gasteiger charge is -2.24. The molecule has 3 heteroatoms. The molecule has 0 aromatic carbocycles. The van der Waals surface area contributed by atoms with Crippen LogP contribution in [-0.4, -0.2) is 31.6 Å². The summed E-state index contributed by atoms with van der Waals surface area (Å²) in [5, 5.41) is 3.60. The van der Waals surface area contributed by atoms with Crippen LogP contribution in [0.3, 0.4) is 0 Å². The standard InChI is InChI=1S/C12H23NO2/c1-12(7-4-8-13-12)6-3-2-5-11-14-9-10-15-11/h11,13H,2-10H2,1H3. The molecule has 1 atom stereocenters. The summed E-state index contributed by atoms with van der Waals surface area (Å²) >= 11 is 0.